The number of amides is 1. The number of nitrogens with one attached hydrogen (secondary N) is 1. The zero-order valence-corrected chi connectivity index (χ0v) is 10.7. The van der Waals surface area contributed by atoms with Gasteiger partial charge >= 0.3 is 0 Å². The molecular formula is C12H13Cl2NO. The van der Waals surface area contributed by atoms with E-state index in [-0.39, 0.29) is 5.91 Å². The van der Waals surface area contributed by atoms with E-state index >= 15 is 0 Å². The van der Waals surface area contributed by atoms with Crippen LogP contribution in [0.5, 0.6) is 0 Å². The zero-order chi connectivity index (χ0) is 12.1. The van der Waals surface area contributed by atoms with Crippen LogP contribution in [0.4, 0.5) is 5.69 Å². The number of anilines is 1. The van der Waals surface area contributed by atoms with Crippen LogP contribution in [-0.2, 0) is 4.79 Å². The van der Waals surface area contributed by atoms with E-state index in [1.165, 1.54) is 0 Å². The second-order valence-corrected chi connectivity index (χ2v) is 4.19. The van der Waals surface area contributed by atoms with Gasteiger partial charge in [-0.2, -0.15) is 0 Å². The second kappa shape index (κ2) is 5.92. The first-order chi connectivity index (χ1) is 7.54. The van der Waals surface area contributed by atoms with Crippen LogP contribution in [0.15, 0.2) is 29.8 Å². The molecule has 4 heteroatoms. The van der Waals surface area contributed by atoms with Gasteiger partial charge in [-0.25, -0.2) is 0 Å². The van der Waals surface area contributed by atoms with E-state index in [0.717, 1.165) is 6.42 Å². The number of benzene rings is 1. The predicted octanol–water partition coefficient (Wildman–Crippen LogP) is 4.29. The maximum atomic E-state index is 11.6. The van der Waals surface area contributed by atoms with E-state index in [4.69, 9.17) is 23.2 Å². The molecule has 0 radical (unpaired) electrons. The molecule has 1 aromatic carbocycles. The highest BCUT2D eigenvalue weighted by atomic mass is 35.5. The van der Waals surface area contributed by atoms with Gasteiger partial charge in [-0.15, -0.1) is 0 Å². The van der Waals surface area contributed by atoms with Crippen molar-refractivity contribution in [2.45, 2.75) is 20.3 Å². The Labute approximate surface area is 105 Å². The number of halogens is 2. The highest BCUT2D eigenvalue weighted by Crippen LogP contribution is 2.25. The van der Waals surface area contributed by atoms with Crippen LogP contribution in [0.1, 0.15) is 20.3 Å². The molecule has 0 aliphatic carbocycles. The molecule has 0 unspecified atom stereocenters. The minimum atomic E-state index is -0.125. The molecule has 1 aromatic rings. The van der Waals surface area contributed by atoms with Crippen molar-refractivity contribution in [3.8, 4) is 0 Å². The van der Waals surface area contributed by atoms with Crippen molar-refractivity contribution >= 4 is 34.8 Å². The lowest BCUT2D eigenvalue weighted by Crippen LogP contribution is -2.12. The normalized spacial score (nSPS) is 11.4. The molecule has 86 valence electrons. The number of rotatable bonds is 3. The van der Waals surface area contributed by atoms with Crippen molar-refractivity contribution in [2.75, 3.05) is 5.32 Å². The van der Waals surface area contributed by atoms with Gasteiger partial charge in [-0.05, 0) is 31.5 Å². The molecule has 0 bridgehead atoms. The summed E-state index contributed by atoms with van der Waals surface area (Å²) >= 11 is 11.6. The van der Waals surface area contributed by atoms with Crippen LogP contribution in [0.2, 0.25) is 10.0 Å². The van der Waals surface area contributed by atoms with Gasteiger partial charge in [0.05, 0.1) is 10.0 Å². The standard InChI is InChI=1S/C12H13Cl2NO/c1-3-4-8(2)12(16)15-9-5-6-10(13)11(14)7-9/h4-7H,3H2,1-2H3,(H,15,16). The fourth-order valence-electron chi connectivity index (χ4n) is 1.20. The topological polar surface area (TPSA) is 29.1 Å². The lowest BCUT2D eigenvalue weighted by Gasteiger charge is -2.06. The molecule has 0 atom stereocenters. The zero-order valence-electron chi connectivity index (χ0n) is 9.18. The van der Waals surface area contributed by atoms with Crippen LogP contribution in [0.25, 0.3) is 0 Å². The average molecular weight is 258 g/mol. The van der Waals surface area contributed by atoms with E-state index in [0.29, 0.717) is 21.3 Å². The van der Waals surface area contributed by atoms with E-state index in [2.05, 4.69) is 5.32 Å². The van der Waals surface area contributed by atoms with Gasteiger partial charge in [-0.1, -0.05) is 36.2 Å². The minimum absolute atomic E-state index is 0.125. The van der Waals surface area contributed by atoms with E-state index < -0.39 is 0 Å². The van der Waals surface area contributed by atoms with Gasteiger partial charge in [0, 0.05) is 11.3 Å². The molecule has 0 heterocycles. The monoisotopic (exact) mass is 257 g/mol. The second-order valence-electron chi connectivity index (χ2n) is 3.38. The molecule has 1 N–H and O–H groups in total. The van der Waals surface area contributed by atoms with Crippen molar-refractivity contribution in [1.29, 1.82) is 0 Å². The Morgan fingerprint density at radius 3 is 2.62 bits per heavy atom. The molecular weight excluding hydrogens is 245 g/mol. The Morgan fingerprint density at radius 2 is 2.06 bits per heavy atom. The fraction of sp³-hybridized carbons (Fsp3) is 0.250. The highest BCUT2D eigenvalue weighted by molar-refractivity contribution is 6.42. The quantitative estimate of drug-likeness (QED) is 0.805. The predicted molar refractivity (Wildman–Crippen MR) is 69.1 cm³/mol. The Hall–Kier alpha value is -0.990. The van der Waals surface area contributed by atoms with Crippen LogP contribution in [0.3, 0.4) is 0 Å². The van der Waals surface area contributed by atoms with E-state index in [9.17, 15) is 4.79 Å². The van der Waals surface area contributed by atoms with Crippen LogP contribution in [0, 0.1) is 0 Å². The van der Waals surface area contributed by atoms with Gasteiger partial charge in [0.2, 0.25) is 0 Å². The maximum absolute atomic E-state index is 11.6. The van der Waals surface area contributed by atoms with E-state index in [1.54, 1.807) is 25.1 Å². The summed E-state index contributed by atoms with van der Waals surface area (Å²) in [4.78, 5) is 11.6. The van der Waals surface area contributed by atoms with Gasteiger partial charge in [-0.3, -0.25) is 4.79 Å². The Morgan fingerprint density at radius 1 is 1.38 bits per heavy atom. The highest BCUT2D eigenvalue weighted by Gasteiger charge is 2.05. The summed E-state index contributed by atoms with van der Waals surface area (Å²) < 4.78 is 0. The third-order valence-electron chi connectivity index (χ3n) is 2.05. The molecule has 1 rings (SSSR count). The first-order valence-electron chi connectivity index (χ1n) is 4.97. The fourth-order valence-corrected chi connectivity index (χ4v) is 1.50. The van der Waals surface area contributed by atoms with Gasteiger partial charge in [0.15, 0.2) is 0 Å². The summed E-state index contributed by atoms with van der Waals surface area (Å²) in [6, 6.07) is 4.99. The third-order valence-corrected chi connectivity index (χ3v) is 2.78. The summed E-state index contributed by atoms with van der Waals surface area (Å²) in [6.45, 7) is 3.76. The minimum Gasteiger partial charge on any atom is -0.322 e. The maximum Gasteiger partial charge on any atom is 0.250 e. The lowest BCUT2D eigenvalue weighted by molar-refractivity contribution is -0.112. The summed E-state index contributed by atoms with van der Waals surface area (Å²) in [6.07, 6.45) is 2.70. The molecule has 2 nitrogen and oxygen atoms in total. The molecule has 1 amide bonds. The van der Waals surface area contributed by atoms with Crippen LogP contribution in [-0.4, -0.2) is 5.91 Å². The third kappa shape index (κ3) is 3.54. The number of allylic oxidation sites excluding steroid dienone is 1. The first kappa shape index (κ1) is 13.1. The molecule has 0 aliphatic rings. The smallest absolute Gasteiger partial charge is 0.250 e. The molecule has 0 saturated heterocycles. The summed E-state index contributed by atoms with van der Waals surface area (Å²) in [7, 11) is 0. The molecule has 0 aromatic heterocycles. The van der Waals surface area contributed by atoms with Gasteiger partial charge in [0.25, 0.3) is 5.91 Å². The summed E-state index contributed by atoms with van der Waals surface area (Å²) in [5.41, 5.74) is 1.33. The lowest BCUT2D eigenvalue weighted by atomic mass is 10.2. The number of hydrogen-bond donors (Lipinski definition) is 1. The molecule has 0 aliphatic heterocycles. The largest absolute Gasteiger partial charge is 0.322 e. The van der Waals surface area contributed by atoms with Crippen molar-refractivity contribution in [1.82, 2.24) is 0 Å². The van der Waals surface area contributed by atoms with Crippen LogP contribution >= 0.6 is 23.2 Å². The SMILES string of the molecule is CCC=C(C)C(=O)Nc1ccc(Cl)c(Cl)c1. The van der Waals surface area contributed by atoms with Crippen LogP contribution < -0.4 is 5.32 Å². The van der Waals surface area contributed by atoms with Gasteiger partial charge < -0.3 is 5.32 Å². The number of carbonyl (C=O) groups is 1. The Bertz CT molecular complexity index is 427. The van der Waals surface area contributed by atoms with Gasteiger partial charge in [0.1, 0.15) is 0 Å². The average Bonchev–Trinajstić information content (AvgIpc) is 2.24. The number of carbonyl (C=O) groups excluding carboxylic acids is 1. The number of hydrogen-bond acceptors (Lipinski definition) is 1. The van der Waals surface area contributed by atoms with E-state index in [1.807, 2.05) is 13.0 Å². The summed E-state index contributed by atoms with van der Waals surface area (Å²) in [5.74, 6) is -0.125. The van der Waals surface area contributed by atoms with Crippen molar-refractivity contribution in [3.63, 3.8) is 0 Å². The molecule has 0 saturated carbocycles. The molecule has 0 fully saturated rings. The van der Waals surface area contributed by atoms with Crippen molar-refractivity contribution in [3.05, 3.63) is 39.9 Å². The van der Waals surface area contributed by atoms with Crippen molar-refractivity contribution < 1.29 is 4.79 Å². The molecule has 0 spiro atoms. The summed E-state index contributed by atoms with van der Waals surface area (Å²) in [5, 5.41) is 3.64. The van der Waals surface area contributed by atoms with Crippen molar-refractivity contribution in [2.24, 2.45) is 0 Å². The Kier molecular flexibility index (Phi) is 4.84. The first-order valence-corrected chi connectivity index (χ1v) is 5.73. The molecule has 16 heavy (non-hydrogen) atoms. The Balaban J connectivity index is 2.77.